The summed E-state index contributed by atoms with van der Waals surface area (Å²) in [6.07, 6.45) is 1.58. The Hall–Kier alpha value is -3.06. The van der Waals surface area contributed by atoms with E-state index >= 15 is 0 Å². The Bertz CT molecular complexity index is 1240. The maximum Gasteiger partial charge on any atom is 0.301 e. The largest absolute Gasteiger partial charge is 0.324 e. The van der Waals surface area contributed by atoms with Crippen molar-refractivity contribution in [3.63, 3.8) is 0 Å². The summed E-state index contributed by atoms with van der Waals surface area (Å²) in [5.74, 6) is 0.313. The number of hydrogen-bond donors (Lipinski definition) is 3. The van der Waals surface area contributed by atoms with Gasteiger partial charge in [-0.25, -0.2) is 23.5 Å². The molecule has 0 aliphatic heterocycles. The number of primary sulfonamides is 1. The van der Waals surface area contributed by atoms with E-state index in [9.17, 15) is 16.8 Å². The number of nitrogens with two attached hydrogens (primary N) is 1. The van der Waals surface area contributed by atoms with Gasteiger partial charge in [-0.15, -0.1) is 0 Å². The molecule has 0 bridgehead atoms. The number of benzene rings is 2. The Morgan fingerprint density at radius 2 is 1.47 bits per heavy atom. The highest BCUT2D eigenvalue weighted by Gasteiger charge is 2.13. The highest BCUT2D eigenvalue weighted by molar-refractivity contribution is 7.90. The highest BCUT2D eigenvalue weighted by atomic mass is 32.2. The summed E-state index contributed by atoms with van der Waals surface area (Å²) in [6, 6.07) is 14.3. The van der Waals surface area contributed by atoms with E-state index in [-0.39, 0.29) is 4.90 Å². The van der Waals surface area contributed by atoms with Gasteiger partial charge in [-0.1, -0.05) is 12.1 Å². The molecule has 3 rings (SSSR count). The van der Waals surface area contributed by atoms with Gasteiger partial charge in [0.25, 0.3) is 0 Å². The van der Waals surface area contributed by atoms with Crippen LogP contribution in [0.2, 0.25) is 0 Å². The first-order chi connectivity index (χ1) is 14.0. The van der Waals surface area contributed by atoms with E-state index in [0.29, 0.717) is 23.0 Å². The molecule has 2 aromatic carbocycles. The molecule has 0 saturated heterocycles. The Morgan fingerprint density at radius 1 is 0.867 bits per heavy atom. The van der Waals surface area contributed by atoms with Gasteiger partial charge in [-0.05, 0) is 42.5 Å². The van der Waals surface area contributed by atoms with E-state index in [2.05, 4.69) is 20.0 Å². The van der Waals surface area contributed by atoms with Gasteiger partial charge in [0, 0.05) is 37.2 Å². The number of sulfonamides is 1. The number of nitrogens with one attached hydrogen (secondary N) is 2. The summed E-state index contributed by atoms with van der Waals surface area (Å²) in [7, 11) is -4.46. The Kier molecular flexibility index (Phi) is 6.03. The standard InChI is InChI=1S/C18H20N6O4S2/c1-24(2)30(27,28)23-15-5-3-13(4-6-15)17-11-12-20-18(22-17)21-14-7-9-16(10-8-14)29(19,25)26/h3-12,23H,1-2H3,(H2,19,25,26)(H,20,21,22). The van der Waals surface area contributed by atoms with Crippen LogP contribution in [-0.4, -0.2) is 45.2 Å². The average Bonchev–Trinajstić information content (AvgIpc) is 2.68. The van der Waals surface area contributed by atoms with Crippen molar-refractivity contribution in [1.82, 2.24) is 14.3 Å². The van der Waals surface area contributed by atoms with Gasteiger partial charge in [0.05, 0.1) is 10.6 Å². The van der Waals surface area contributed by atoms with Crippen LogP contribution in [-0.2, 0) is 20.2 Å². The SMILES string of the molecule is CN(C)S(=O)(=O)Nc1ccc(-c2ccnc(Nc3ccc(S(N)(=O)=O)cc3)n2)cc1. The minimum atomic E-state index is -3.76. The van der Waals surface area contributed by atoms with E-state index in [4.69, 9.17) is 5.14 Å². The van der Waals surface area contributed by atoms with Gasteiger partial charge in [0.2, 0.25) is 16.0 Å². The zero-order valence-corrected chi connectivity index (χ0v) is 17.8. The van der Waals surface area contributed by atoms with E-state index in [1.54, 1.807) is 48.7 Å². The molecule has 10 nitrogen and oxygen atoms in total. The van der Waals surface area contributed by atoms with Crippen molar-refractivity contribution >= 4 is 37.6 Å². The molecule has 30 heavy (non-hydrogen) atoms. The fourth-order valence-corrected chi connectivity index (χ4v) is 3.52. The number of hydrogen-bond acceptors (Lipinski definition) is 7. The van der Waals surface area contributed by atoms with Crippen molar-refractivity contribution in [3.05, 3.63) is 60.8 Å². The smallest absolute Gasteiger partial charge is 0.301 e. The van der Waals surface area contributed by atoms with Crippen LogP contribution in [0.5, 0.6) is 0 Å². The Balaban J connectivity index is 1.77. The quantitative estimate of drug-likeness (QED) is 0.499. The molecule has 0 fully saturated rings. The van der Waals surface area contributed by atoms with Crippen LogP contribution >= 0.6 is 0 Å². The lowest BCUT2D eigenvalue weighted by Gasteiger charge is -2.13. The van der Waals surface area contributed by atoms with Crippen LogP contribution in [0.25, 0.3) is 11.3 Å². The second kappa shape index (κ2) is 8.36. The van der Waals surface area contributed by atoms with Crippen molar-refractivity contribution in [2.75, 3.05) is 24.1 Å². The highest BCUT2D eigenvalue weighted by Crippen LogP contribution is 2.22. The van der Waals surface area contributed by atoms with Crippen LogP contribution in [0, 0.1) is 0 Å². The van der Waals surface area contributed by atoms with Crippen molar-refractivity contribution < 1.29 is 16.8 Å². The minimum Gasteiger partial charge on any atom is -0.324 e. The molecule has 0 amide bonds. The molecular weight excluding hydrogens is 428 g/mol. The summed E-state index contributed by atoms with van der Waals surface area (Å²) >= 11 is 0. The topological polar surface area (TPSA) is 147 Å². The van der Waals surface area contributed by atoms with E-state index < -0.39 is 20.2 Å². The lowest BCUT2D eigenvalue weighted by molar-refractivity contribution is 0.527. The molecule has 12 heteroatoms. The first kappa shape index (κ1) is 21.6. The molecule has 3 aromatic rings. The van der Waals surface area contributed by atoms with Crippen molar-refractivity contribution in [3.8, 4) is 11.3 Å². The molecule has 0 radical (unpaired) electrons. The lowest BCUT2D eigenvalue weighted by atomic mass is 10.1. The summed E-state index contributed by atoms with van der Waals surface area (Å²) in [5.41, 5.74) is 2.40. The van der Waals surface area contributed by atoms with Crippen molar-refractivity contribution in [1.29, 1.82) is 0 Å². The maximum absolute atomic E-state index is 11.9. The summed E-state index contributed by atoms with van der Waals surface area (Å²) in [5, 5.41) is 8.08. The van der Waals surface area contributed by atoms with Crippen LogP contribution in [0.3, 0.4) is 0 Å². The number of nitrogens with zero attached hydrogens (tertiary/aromatic N) is 3. The van der Waals surface area contributed by atoms with Crippen LogP contribution in [0.4, 0.5) is 17.3 Å². The Labute approximate surface area is 175 Å². The van der Waals surface area contributed by atoms with Crippen LogP contribution in [0.1, 0.15) is 0 Å². The zero-order valence-electron chi connectivity index (χ0n) is 16.1. The average molecular weight is 449 g/mol. The van der Waals surface area contributed by atoms with Crippen LogP contribution in [0.15, 0.2) is 65.7 Å². The van der Waals surface area contributed by atoms with Gasteiger partial charge in [-0.3, -0.25) is 4.72 Å². The van der Waals surface area contributed by atoms with E-state index in [0.717, 1.165) is 9.87 Å². The van der Waals surface area contributed by atoms with Gasteiger partial charge in [0.15, 0.2) is 0 Å². The second-order valence-corrected chi connectivity index (χ2v) is 9.87. The fourth-order valence-electron chi connectivity index (χ4n) is 2.39. The third kappa shape index (κ3) is 5.30. The number of aromatic nitrogens is 2. The normalized spacial score (nSPS) is 12.0. The van der Waals surface area contributed by atoms with Gasteiger partial charge < -0.3 is 5.32 Å². The Morgan fingerprint density at radius 3 is 2.03 bits per heavy atom. The van der Waals surface area contributed by atoms with Gasteiger partial charge >= 0.3 is 10.2 Å². The predicted molar refractivity (Wildman–Crippen MR) is 115 cm³/mol. The molecule has 0 aliphatic carbocycles. The molecule has 0 unspecified atom stereocenters. The molecule has 0 spiro atoms. The molecule has 0 saturated carbocycles. The van der Waals surface area contributed by atoms with Crippen molar-refractivity contribution in [2.45, 2.75) is 4.90 Å². The first-order valence-corrected chi connectivity index (χ1v) is 11.6. The monoisotopic (exact) mass is 448 g/mol. The summed E-state index contributed by atoms with van der Waals surface area (Å²) < 4.78 is 50.0. The van der Waals surface area contributed by atoms with Crippen LogP contribution < -0.4 is 15.2 Å². The molecular formula is C18H20N6O4S2. The molecule has 4 N–H and O–H groups in total. The molecule has 1 aromatic heterocycles. The van der Waals surface area contributed by atoms with E-state index in [1.807, 2.05) is 0 Å². The van der Waals surface area contributed by atoms with E-state index in [1.165, 1.54) is 26.2 Å². The van der Waals surface area contributed by atoms with Gasteiger partial charge in [-0.2, -0.15) is 12.7 Å². The number of rotatable bonds is 7. The third-order valence-electron chi connectivity index (χ3n) is 4.00. The summed E-state index contributed by atoms with van der Waals surface area (Å²) in [4.78, 5) is 8.59. The molecule has 1 heterocycles. The molecule has 158 valence electrons. The first-order valence-electron chi connectivity index (χ1n) is 8.58. The zero-order chi connectivity index (χ0) is 21.9. The molecule has 0 atom stereocenters. The lowest BCUT2D eigenvalue weighted by Crippen LogP contribution is -2.28. The maximum atomic E-state index is 11.9. The van der Waals surface area contributed by atoms with Gasteiger partial charge in [0.1, 0.15) is 0 Å². The summed E-state index contributed by atoms with van der Waals surface area (Å²) in [6.45, 7) is 0. The second-order valence-electron chi connectivity index (χ2n) is 6.43. The predicted octanol–water partition coefficient (Wildman–Crippen LogP) is 1.75. The fraction of sp³-hybridized carbons (Fsp3) is 0.111. The molecule has 0 aliphatic rings. The van der Waals surface area contributed by atoms with Crippen molar-refractivity contribution in [2.24, 2.45) is 5.14 Å². The third-order valence-corrected chi connectivity index (χ3v) is 6.39. The number of anilines is 3. The minimum absolute atomic E-state index is 0.00713.